The SMILES string of the molecule is CCCCCOC(=O)CCCCCCCCNCCCCO. The Morgan fingerprint density at radius 1 is 0.864 bits per heavy atom. The van der Waals surface area contributed by atoms with E-state index in [2.05, 4.69) is 12.2 Å². The number of rotatable bonds is 17. The number of aliphatic hydroxyl groups is 1. The molecule has 0 aliphatic heterocycles. The number of hydrogen-bond acceptors (Lipinski definition) is 4. The van der Waals surface area contributed by atoms with Crippen LogP contribution in [0.2, 0.25) is 0 Å². The predicted octanol–water partition coefficient (Wildman–Crippen LogP) is 3.81. The van der Waals surface area contributed by atoms with Crippen molar-refractivity contribution < 1.29 is 14.6 Å². The highest BCUT2D eigenvalue weighted by atomic mass is 16.5. The van der Waals surface area contributed by atoms with Crippen LogP contribution in [0.1, 0.15) is 84.0 Å². The molecule has 0 aromatic rings. The van der Waals surface area contributed by atoms with Gasteiger partial charge in [0.25, 0.3) is 0 Å². The van der Waals surface area contributed by atoms with E-state index in [1.54, 1.807) is 0 Å². The van der Waals surface area contributed by atoms with Crippen molar-refractivity contribution >= 4 is 5.97 Å². The van der Waals surface area contributed by atoms with Crippen LogP contribution in [0.3, 0.4) is 0 Å². The van der Waals surface area contributed by atoms with Gasteiger partial charge in [0.15, 0.2) is 0 Å². The van der Waals surface area contributed by atoms with E-state index in [1.165, 1.54) is 25.7 Å². The van der Waals surface area contributed by atoms with Crippen molar-refractivity contribution in [2.45, 2.75) is 84.0 Å². The number of carbonyl (C=O) groups excluding carboxylic acids is 1. The molecule has 0 atom stereocenters. The van der Waals surface area contributed by atoms with E-state index >= 15 is 0 Å². The zero-order valence-corrected chi connectivity index (χ0v) is 14.6. The molecule has 0 spiro atoms. The molecule has 0 rings (SSSR count). The molecule has 4 heteroatoms. The molecule has 4 nitrogen and oxygen atoms in total. The highest BCUT2D eigenvalue weighted by Crippen LogP contribution is 2.08. The van der Waals surface area contributed by atoms with Crippen LogP contribution in [0.4, 0.5) is 0 Å². The average Bonchev–Trinajstić information content (AvgIpc) is 2.52. The molecule has 0 bridgehead atoms. The lowest BCUT2D eigenvalue weighted by molar-refractivity contribution is -0.143. The van der Waals surface area contributed by atoms with Crippen molar-refractivity contribution in [3.05, 3.63) is 0 Å². The minimum Gasteiger partial charge on any atom is -0.466 e. The molecule has 0 heterocycles. The van der Waals surface area contributed by atoms with Gasteiger partial charge in [0.2, 0.25) is 0 Å². The van der Waals surface area contributed by atoms with Gasteiger partial charge in [0, 0.05) is 13.0 Å². The molecule has 0 aromatic carbocycles. The van der Waals surface area contributed by atoms with Crippen LogP contribution in [0.25, 0.3) is 0 Å². The lowest BCUT2D eigenvalue weighted by Crippen LogP contribution is -2.16. The van der Waals surface area contributed by atoms with Crippen LogP contribution < -0.4 is 5.32 Å². The second-order valence-corrected chi connectivity index (χ2v) is 5.98. The van der Waals surface area contributed by atoms with E-state index in [1.807, 2.05) is 0 Å². The molecule has 0 aliphatic rings. The van der Waals surface area contributed by atoms with Gasteiger partial charge in [-0.3, -0.25) is 4.79 Å². The maximum absolute atomic E-state index is 11.4. The van der Waals surface area contributed by atoms with Gasteiger partial charge in [-0.2, -0.15) is 0 Å². The van der Waals surface area contributed by atoms with Crippen molar-refractivity contribution in [3.8, 4) is 0 Å². The van der Waals surface area contributed by atoms with E-state index in [9.17, 15) is 4.79 Å². The summed E-state index contributed by atoms with van der Waals surface area (Å²) in [7, 11) is 0. The zero-order chi connectivity index (χ0) is 16.3. The van der Waals surface area contributed by atoms with Gasteiger partial charge < -0.3 is 15.2 Å². The van der Waals surface area contributed by atoms with E-state index in [-0.39, 0.29) is 5.97 Å². The molecule has 0 unspecified atom stereocenters. The number of hydrogen-bond donors (Lipinski definition) is 2. The Labute approximate surface area is 137 Å². The maximum Gasteiger partial charge on any atom is 0.305 e. The molecule has 0 fully saturated rings. The summed E-state index contributed by atoms with van der Waals surface area (Å²) in [6.45, 7) is 5.14. The third-order valence-corrected chi connectivity index (χ3v) is 3.76. The first kappa shape index (κ1) is 21.4. The highest BCUT2D eigenvalue weighted by Gasteiger charge is 2.02. The van der Waals surface area contributed by atoms with Crippen LogP contribution in [0, 0.1) is 0 Å². The first-order chi connectivity index (χ1) is 10.8. The number of aliphatic hydroxyl groups excluding tert-OH is 1. The van der Waals surface area contributed by atoms with Gasteiger partial charge in [-0.15, -0.1) is 0 Å². The van der Waals surface area contributed by atoms with Crippen molar-refractivity contribution in [1.82, 2.24) is 5.32 Å². The Hall–Kier alpha value is -0.610. The fourth-order valence-electron chi connectivity index (χ4n) is 2.32. The van der Waals surface area contributed by atoms with Gasteiger partial charge in [0.05, 0.1) is 6.61 Å². The minimum atomic E-state index is -0.0248. The second-order valence-electron chi connectivity index (χ2n) is 5.98. The lowest BCUT2D eigenvalue weighted by Gasteiger charge is -2.05. The van der Waals surface area contributed by atoms with Gasteiger partial charge in [-0.25, -0.2) is 0 Å². The topological polar surface area (TPSA) is 58.6 Å². The molecule has 132 valence electrons. The monoisotopic (exact) mass is 315 g/mol. The Morgan fingerprint density at radius 2 is 1.50 bits per heavy atom. The summed E-state index contributed by atoms with van der Waals surface area (Å²) < 4.78 is 5.18. The van der Waals surface area contributed by atoms with Crippen molar-refractivity contribution in [3.63, 3.8) is 0 Å². The first-order valence-corrected chi connectivity index (χ1v) is 9.28. The maximum atomic E-state index is 11.4. The van der Waals surface area contributed by atoms with Crippen LogP contribution >= 0.6 is 0 Å². The summed E-state index contributed by atoms with van der Waals surface area (Å²) >= 11 is 0. The highest BCUT2D eigenvalue weighted by molar-refractivity contribution is 5.69. The quantitative estimate of drug-likeness (QED) is 0.316. The van der Waals surface area contributed by atoms with Crippen LogP contribution in [-0.2, 0) is 9.53 Å². The average molecular weight is 315 g/mol. The number of unbranched alkanes of at least 4 members (excludes halogenated alkanes) is 8. The molecular weight excluding hydrogens is 278 g/mol. The molecule has 22 heavy (non-hydrogen) atoms. The largest absolute Gasteiger partial charge is 0.466 e. The van der Waals surface area contributed by atoms with E-state index < -0.39 is 0 Å². The second kappa shape index (κ2) is 18.4. The van der Waals surface area contributed by atoms with Crippen LogP contribution in [-0.4, -0.2) is 37.4 Å². The van der Waals surface area contributed by atoms with E-state index in [4.69, 9.17) is 9.84 Å². The van der Waals surface area contributed by atoms with Gasteiger partial charge in [-0.1, -0.05) is 45.4 Å². The third kappa shape index (κ3) is 17.4. The van der Waals surface area contributed by atoms with Crippen molar-refractivity contribution in [2.75, 3.05) is 26.3 Å². The van der Waals surface area contributed by atoms with Gasteiger partial charge >= 0.3 is 5.97 Å². The zero-order valence-electron chi connectivity index (χ0n) is 14.6. The summed E-state index contributed by atoms with van der Waals surface area (Å²) in [6.07, 6.45) is 12.9. The summed E-state index contributed by atoms with van der Waals surface area (Å²) in [5, 5.41) is 12.0. The first-order valence-electron chi connectivity index (χ1n) is 9.28. The molecule has 0 saturated heterocycles. The van der Waals surface area contributed by atoms with Crippen molar-refractivity contribution in [1.29, 1.82) is 0 Å². The predicted molar refractivity (Wildman–Crippen MR) is 92.0 cm³/mol. The smallest absolute Gasteiger partial charge is 0.305 e. The van der Waals surface area contributed by atoms with E-state index in [0.717, 1.165) is 58.0 Å². The van der Waals surface area contributed by atoms with E-state index in [0.29, 0.717) is 19.6 Å². The Balaban J connectivity index is 3.08. The normalized spacial score (nSPS) is 10.8. The number of carbonyl (C=O) groups is 1. The number of nitrogens with one attached hydrogen (secondary N) is 1. The molecule has 0 aliphatic carbocycles. The third-order valence-electron chi connectivity index (χ3n) is 3.76. The summed E-state index contributed by atoms with van der Waals surface area (Å²) in [6, 6.07) is 0. The Morgan fingerprint density at radius 3 is 2.18 bits per heavy atom. The molecular formula is C18H37NO3. The molecule has 0 aromatic heterocycles. The summed E-state index contributed by atoms with van der Waals surface area (Å²) in [4.78, 5) is 11.4. The van der Waals surface area contributed by atoms with Gasteiger partial charge in [-0.05, 0) is 45.2 Å². The molecule has 0 amide bonds. The number of ether oxygens (including phenoxy) is 1. The number of esters is 1. The minimum absolute atomic E-state index is 0.0248. The lowest BCUT2D eigenvalue weighted by atomic mass is 10.1. The fraction of sp³-hybridized carbons (Fsp3) is 0.944. The van der Waals surface area contributed by atoms with Crippen molar-refractivity contribution in [2.24, 2.45) is 0 Å². The molecule has 0 radical (unpaired) electrons. The molecule has 0 saturated carbocycles. The molecule has 2 N–H and O–H groups in total. The Bertz CT molecular complexity index is 234. The van der Waals surface area contributed by atoms with Crippen LogP contribution in [0.15, 0.2) is 0 Å². The fourth-order valence-corrected chi connectivity index (χ4v) is 2.32. The Kier molecular flexibility index (Phi) is 17.9. The standard InChI is InChI=1S/C18H37NO3/c1-2-3-12-17-22-18(21)13-8-6-4-5-7-9-14-19-15-10-11-16-20/h19-20H,2-17H2,1H3. The summed E-state index contributed by atoms with van der Waals surface area (Å²) in [5.41, 5.74) is 0. The summed E-state index contributed by atoms with van der Waals surface area (Å²) in [5.74, 6) is -0.0248. The van der Waals surface area contributed by atoms with Gasteiger partial charge in [0.1, 0.15) is 0 Å². The van der Waals surface area contributed by atoms with Crippen LogP contribution in [0.5, 0.6) is 0 Å².